The first-order valence-electron chi connectivity index (χ1n) is 11.4. The van der Waals surface area contributed by atoms with Crippen molar-refractivity contribution in [2.24, 2.45) is 15.2 Å². The SMILES string of the molecule is CCCC1=Cc2cc(C#Cc3ccc(N=Nc4ccc(N=C=S)c(F)c4)cc3CC)ccc2C1. The maximum absolute atomic E-state index is 14.0. The second-order valence-electron chi connectivity index (χ2n) is 8.13. The summed E-state index contributed by atoms with van der Waals surface area (Å²) in [5, 5.41) is 10.6. The molecule has 1 aliphatic rings. The van der Waals surface area contributed by atoms with Gasteiger partial charge in [0.25, 0.3) is 0 Å². The van der Waals surface area contributed by atoms with E-state index in [9.17, 15) is 4.39 Å². The van der Waals surface area contributed by atoms with Crippen molar-refractivity contribution in [2.45, 2.75) is 39.5 Å². The molecule has 4 rings (SSSR count). The Kier molecular flexibility index (Phi) is 7.54. The largest absolute Gasteiger partial charge is 0.205 e. The van der Waals surface area contributed by atoms with Gasteiger partial charge in [0, 0.05) is 17.2 Å². The number of halogens is 1. The topological polar surface area (TPSA) is 37.1 Å². The molecule has 3 nitrogen and oxygen atoms in total. The Morgan fingerprint density at radius 3 is 2.47 bits per heavy atom. The minimum absolute atomic E-state index is 0.130. The molecule has 34 heavy (non-hydrogen) atoms. The maximum Gasteiger partial charge on any atom is 0.151 e. The molecule has 0 amide bonds. The lowest BCUT2D eigenvalue weighted by Gasteiger charge is -2.03. The van der Waals surface area contributed by atoms with E-state index in [1.54, 1.807) is 6.07 Å². The van der Waals surface area contributed by atoms with Crippen LogP contribution in [0.15, 0.2) is 75.4 Å². The first kappa shape index (κ1) is 23.4. The van der Waals surface area contributed by atoms with E-state index in [-0.39, 0.29) is 5.69 Å². The van der Waals surface area contributed by atoms with E-state index in [0.717, 1.165) is 36.0 Å². The summed E-state index contributed by atoms with van der Waals surface area (Å²) < 4.78 is 14.0. The van der Waals surface area contributed by atoms with Gasteiger partial charge in [0.1, 0.15) is 5.69 Å². The van der Waals surface area contributed by atoms with E-state index in [1.807, 2.05) is 18.2 Å². The number of benzene rings is 3. The molecule has 0 bridgehead atoms. The minimum Gasteiger partial charge on any atom is -0.205 e. The lowest BCUT2D eigenvalue weighted by Crippen LogP contribution is -1.88. The summed E-state index contributed by atoms with van der Waals surface area (Å²) in [5.41, 5.74) is 8.48. The van der Waals surface area contributed by atoms with Gasteiger partial charge in [-0.3, -0.25) is 0 Å². The number of rotatable bonds is 6. The van der Waals surface area contributed by atoms with Crippen LogP contribution < -0.4 is 0 Å². The number of aliphatic imine (C=N–C) groups is 1. The predicted octanol–water partition coefficient (Wildman–Crippen LogP) is 8.68. The van der Waals surface area contributed by atoms with Crippen molar-refractivity contribution in [1.82, 2.24) is 0 Å². The predicted molar refractivity (Wildman–Crippen MR) is 140 cm³/mol. The van der Waals surface area contributed by atoms with E-state index >= 15 is 0 Å². The van der Waals surface area contributed by atoms with Gasteiger partial charge in [-0.2, -0.15) is 15.2 Å². The number of isothiocyanates is 1. The molecule has 0 aliphatic heterocycles. The number of hydrogen-bond donors (Lipinski definition) is 0. The number of nitrogens with zero attached hydrogens (tertiary/aromatic N) is 3. The quantitative estimate of drug-likeness (QED) is 0.155. The van der Waals surface area contributed by atoms with Gasteiger partial charge in [0.05, 0.1) is 16.5 Å². The fourth-order valence-corrected chi connectivity index (χ4v) is 4.07. The molecule has 0 aromatic heterocycles. The first-order valence-corrected chi connectivity index (χ1v) is 11.8. The second-order valence-corrected chi connectivity index (χ2v) is 8.31. The molecule has 168 valence electrons. The van der Waals surface area contributed by atoms with Gasteiger partial charge in [-0.1, -0.05) is 49.8 Å². The van der Waals surface area contributed by atoms with Crippen LogP contribution in [0.2, 0.25) is 0 Å². The molecule has 5 heteroatoms. The van der Waals surface area contributed by atoms with Crippen LogP contribution in [-0.4, -0.2) is 5.16 Å². The number of aryl methyl sites for hydroxylation is 1. The zero-order valence-electron chi connectivity index (χ0n) is 19.2. The Labute approximate surface area is 205 Å². The Bertz CT molecular complexity index is 1400. The highest BCUT2D eigenvalue weighted by Crippen LogP contribution is 2.29. The van der Waals surface area contributed by atoms with Crippen LogP contribution in [0, 0.1) is 17.7 Å². The van der Waals surface area contributed by atoms with E-state index in [1.165, 1.54) is 35.3 Å². The average Bonchev–Trinajstić information content (AvgIpc) is 3.25. The van der Waals surface area contributed by atoms with E-state index < -0.39 is 5.82 Å². The summed E-state index contributed by atoms with van der Waals surface area (Å²) in [6, 6.07) is 16.7. The normalized spacial score (nSPS) is 12.0. The van der Waals surface area contributed by atoms with Crippen molar-refractivity contribution < 1.29 is 4.39 Å². The molecule has 0 heterocycles. The lowest BCUT2D eigenvalue weighted by molar-refractivity contribution is 0.630. The summed E-state index contributed by atoms with van der Waals surface area (Å²) in [6.07, 6.45) is 6.52. The van der Waals surface area contributed by atoms with Crippen LogP contribution in [0.5, 0.6) is 0 Å². The summed E-state index contributed by atoms with van der Waals surface area (Å²) in [5.74, 6) is 6.12. The number of fused-ring (bicyclic) bond motifs is 1. The van der Waals surface area contributed by atoms with Crippen molar-refractivity contribution >= 4 is 40.5 Å². The highest BCUT2D eigenvalue weighted by Gasteiger charge is 2.12. The van der Waals surface area contributed by atoms with E-state index in [2.05, 4.69) is 82.6 Å². The fraction of sp³-hybridized carbons (Fsp3) is 0.207. The molecular weight excluding hydrogens is 441 g/mol. The first-order chi connectivity index (χ1) is 16.6. The number of thiocarbonyl (C=S) groups is 1. The molecule has 0 unspecified atom stereocenters. The number of allylic oxidation sites excluding steroid dienone is 1. The summed E-state index contributed by atoms with van der Waals surface area (Å²) in [4.78, 5) is 3.67. The van der Waals surface area contributed by atoms with Crippen LogP contribution in [0.25, 0.3) is 6.08 Å². The van der Waals surface area contributed by atoms with Crippen molar-refractivity contribution in [3.8, 4) is 11.8 Å². The van der Waals surface area contributed by atoms with Crippen molar-refractivity contribution in [1.29, 1.82) is 0 Å². The molecular formula is C29H24FN3S. The molecule has 1 aliphatic carbocycles. The zero-order valence-corrected chi connectivity index (χ0v) is 20.0. The van der Waals surface area contributed by atoms with E-state index in [0.29, 0.717) is 11.4 Å². The van der Waals surface area contributed by atoms with Crippen LogP contribution in [-0.2, 0) is 12.8 Å². The summed E-state index contributed by atoms with van der Waals surface area (Å²) >= 11 is 4.52. The Balaban J connectivity index is 1.52. The molecule has 0 fully saturated rings. The van der Waals surface area contributed by atoms with Crippen molar-refractivity contribution in [3.05, 3.63) is 93.8 Å². The Hall–Kier alpha value is -3.71. The average molecular weight is 466 g/mol. The van der Waals surface area contributed by atoms with Crippen LogP contribution in [0.3, 0.4) is 0 Å². The molecule has 0 radical (unpaired) electrons. The van der Waals surface area contributed by atoms with Gasteiger partial charge in [-0.15, -0.1) is 0 Å². The highest BCUT2D eigenvalue weighted by molar-refractivity contribution is 7.78. The van der Waals surface area contributed by atoms with Gasteiger partial charge in [0.2, 0.25) is 0 Å². The van der Waals surface area contributed by atoms with Gasteiger partial charge in [-0.05, 0) is 90.6 Å². The monoisotopic (exact) mass is 465 g/mol. The maximum atomic E-state index is 14.0. The molecule has 0 saturated carbocycles. The number of azo groups is 1. The Morgan fingerprint density at radius 2 is 1.74 bits per heavy atom. The van der Waals surface area contributed by atoms with Gasteiger partial charge in [0.15, 0.2) is 5.82 Å². The molecule has 0 atom stereocenters. The zero-order chi connectivity index (χ0) is 23.9. The second kappa shape index (κ2) is 10.9. The van der Waals surface area contributed by atoms with E-state index in [4.69, 9.17) is 0 Å². The highest BCUT2D eigenvalue weighted by atomic mass is 32.1. The molecule has 0 N–H and O–H groups in total. The molecule has 0 saturated heterocycles. The van der Waals surface area contributed by atoms with Gasteiger partial charge < -0.3 is 0 Å². The Morgan fingerprint density at radius 1 is 0.941 bits per heavy atom. The van der Waals surface area contributed by atoms with Gasteiger partial charge in [-0.25, -0.2) is 4.39 Å². The van der Waals surface area contributed by atoms with Crippen molar-refractivity contribution in [3.63, 3.8) is 0 Å². The van der Waals surface area contributed by atoms with Crippen LogP contribution >= 0.6 is 12.2 Å². The summed E-state index contributed by atoms with van der Waals surface area (Å²) in [7, 11) is 0. The third kappa shape index (κ3) is 5.61. The number of hydrogen-bond acceptors (Lipinski definition) is 4. The standard InChI is InChI=1S/C29H24FN3S/c1-3-5-21-15-24-9-7-20(14-25(24)16-21)6-8-23-10-11-26(17-22(23)4-2)32-33-27-12-13-29(31-19-34)28(30)18-27/h7,9-14,16-18H,3-5,15H2,1-2H3. The van der Waals surface area contributed by atoms with Crippen molar-refractivity contribution in [2.75, 3.05) is 0 Å². The smallest absolute Gasteiger partial charge is 0.151 e. The third-order valence-corrected chi connectivity index (χ3v) is 5.77. The van der Waals surface area contributed by atoms with Crippen LogP contribution in [0.1, 0.15) is 54.5 Å². The third-order valence-electron chi connectivity index (χ3n) is 5.68. The lowest BCUT2D eigenvalue weighted by atomic mass is 10.0. The molecule has 0 spiro atoms. The summed E-state index contributed by atoms with van der Waals surface area (Å²) in [6.45, 7) is 4.30. The molecule has 3 aromatic rings. The molecule has 3 aromatic carbocycles. The van der Waals surface area contributed by atoms with Crippen LogP contribution in [0.4, 0.5) is 21.5 Å². The van der Waals surface area contributed by atoms with Gasteiger partial charge >= 0.3 is 0 Å². The fourth-order valence-electron chi connectivity index (χ4n) is 3.97. The minimum atomic E-state index is -0.516.